The number of nitrogens with one attached hydrogen (secondary N) is 1. The van der Waals surface area contributed by atoms with Gasteiger partial charge in [0.15, 0.2) is 0 Å². The number of fused-ring (bicyclic) bond motifs is 2. The summed E-state index contributed by atoms with van der Waals surface area (Å²) >= 11 is 0. The minimum Gasteiger partial charge on any atom is -0.358 e. The summed E-state index contributed by atoms with van der Waals surface area (Å²) in [7, 11) is 0. The van der Waals surface area contributed by atoms with Crippen LogP contribution in [0.15, 0.2) is 53.5 Å². The highest BCUT2D eigenvalue weighted by molar-refractivity contribution is 6.14. The van der Waals surface area contributed by atoms with Gasteiger partial charge < -0.3 is 4.98 Å². The van der Waals surface area contributed by atoms with Gasteiger partial charge in [0.05, 0.1) is 11.4 Å². The number of aryl methyl sites for hydroxylation is 1. The number of aliphatic imine (C=N–C) groups is 1. The summed E-state index contributed by atoms with van der Waals surface area (Å²) < 4.78 is 0. The number of allylic oxidation sites excluding steroid dienone is 1. The van der Waals surface area contributed by atoms with Crippen molar-refractivity contribution in [2.45, 2.75) is 20.8 Å². The fourth-order valence-electron chi connectivity index (χ4n) is 3.34. The molecule has 2 nitrogen and oxygen atoms in total. The van der Waals surface area contributed by atoms with Crippen LogP contribution in [-0.2, 0) is 0 Å². The first-order valence-electron chi connectivity index (χ1n) is 7.60. The summed E-state index contributed by atoms with van der Waals surface area (Å²) in [5, 5.41) is 2.55. The Bertz CT molecular complexity index is 955. The smallest absolute Gasteiger partial charge is 0.0762 e. The number of hydrogen-bond acceptors (Lipinski definition) is 1. The lowest BCUT2D eigenvalue weighted by Gasteiger charge is -2.05. The third-order valence-corrected chi connectivity index (χ3v) is 4.49. The maximum Gasteiger partial charge on any atom is 0.0762 e. The number of hydrogen-bond donors (Lipinski definition) is 1. The number of nitrogens with zero attached hydrogens (tertiary/aromatic N) is 1. The van der Waals surface area contributed by atoms with Gasteiger partial charge in [-0.1, -0.05) is 48.5 Å². The minimum atomic E-state index is 1.08. The number of aromatic nitrogens is 1. The molecule has 0 fully saturated rings. The minimum absolute atomic E-state index is 1.08. The quantitative estimate of drug-likeness (QED) is 0.638. The topological polar surface area (TPSA) is 28.1 Å². The predicted octanol–water partition coefficient (Wildman–Crippen LogP) is 5.19. The van der Waals surface area contributed by atoms with Gasteiger partial charge in [0, 0.05) is 33.3 Å². The molecule has 108 valence electrons. The van der Waals surface area contributed by atoms with Crippen molar-refractivity contribution in [2.75, 3.05) is 0 Å². The molecule has 2 heteroatoms. The second-order valence-corrected chi connectivity index (χ2v) is 5.89. The average molecular weight is 286 g/mol. The van der Waals surface area contributed by atoms with Crippen LogP contribution in [0.2, 0.25) is 0 Å². The van der Waals surface area contributed by atoms with Gasteiger partial charge in [0.1, 0.15) is 0 Å². The van der Waals surface area contributed by atoms with Crippen LogP contribution in [0.25, 0.3) is 22.0 Å². The van der Waals surface area contributed by atoms with Gasteiger partial charge in [0.25, 0.3) is 0 Å². The molecular formula is C20H18N2. The molecule has 1 aliphatic heterocycles. The molecule has 0 amide bonds. The molecule has 1 aromatic heterocycles. The van der Waals surface area contributed by atoms with E-state index in [4.69, 9.17) is 4.99 Å². The highest BCUT2D eigenvalue weighted by atomic mass is 14.8. The van der Waals surface area contributed by atoms with Gasteiger partial charge in [-0.2, -0.15) is 0 Å². The molecule has 0 saturated carbocycles. The Morgan fingerprint density at radius 1 is 0.864 bits per heavy atom. The largest absolute Gasteiger partial charge is 0.358 e. The van der Waals surface area contributed by atoms with Crippen molar-refractivity contribution in [3.63, 3.8) is 0 Å². The summed E-state index contributed by atoms with van der Waals surface area (Å²) in [5.74, 6) is 0. The van der Waals surface area contributed by atoms with Gasteiger partial charge in [-0.3, -0.25) is 4.99 Å². The Balaban J connectivity index is 2.00. The Labute approximate surface area is 130 Å². The van der Waals surface area contributed by atoms with Gasteiger partial charge >= 0.3 is 0 Å². The molecule has 0 atom stereocenters. The van der Waals surface area contributed by atoms with Crippen LogP contribution in [0.5, 0.6) is 0 Å². The number of H-pyrrole nitrogens is 1. The molecule has 0 aliphatic carbocycles. The van der Waals surface area contributed by atoms with E-state index in [9.17, 15) is 0 Å². The van der Waals surface area contributed by atoms with Crippen molar-refractivity contribution in [3.05, 3.63) is 71.0 Å². The van der Waals surface area contributed by atoms with Crippen LogP contribution < -0.4 is 0 Å². The van der Waals surface area contributed by atoms with Crippen molar-refractivity contribution in [2.24, 2.45) is 4.99 Å². The summed E-state index contributed by atoms with van der Waals surface area (Å²) in [6, 6.07) is 17.0. The van der Waals surface area contributed by atoms with Crippen molar-refractivity contribution < 1.29 is 0 Å². The lowest BCUT2D eigenvalue weighted by atomic mass is 10.00. The molecule has 0 saturated heterocycles. The molecule has 0 bridgehead atoms. The second kappa shape index (κ2) is 4.70. The van der Waals surface area contributed by atoms with Crippen molar-refractivity contribution in [1.82, 2.24) is 4.98 Å². The third-order valence-electron chi connectivity index (χ3n) is 4.49. The van der Waals surface area contributed by atoms with Crippen LogP contribution >= 0.6 is 0 Å². The van der Waals surface area contributed by atoms with Gasteiger partial charge in [-0.25, -0.2) is 0 Å². The van der Waals surface area contributed by atoms with E-state index in [1.807, 2.05) is 0 Å². The molecule has 0 spiro atoms. The van der Waals surface area contributed by atoms with E-state index in [2.05, 4.69) is 74.3 Å². The Morgan fingerprint density at radius 3 is 2.27 bits per heavy atom. The Hall–Kier alpha value is -2.61. The number of benzene rings is 2. The zero-order valence-corrected chi connectivity index (χ0v) is 13.1. The fraction of sp³-hybridized carbons (Fsp3) is 0.150. The standard InChI is InChI=1S/C20H18N2/c1-12(19-17-10-6-4-8-15(17)13(2)21-19)20-18-11-7-5-9-16(18)14(3)22-20/h4-11,21H,1-3H3/b20-12+. The van der Waals surface area contributed by atoms with E-state index in [1.165, 1.54) is 38.9 Å². The fourth-order valence-corrected chi connectivity index (χ4v) is 3.34. The van der Waals surface area contributed by atoms with Gasteiger partial charge in [-0.05, 0) is 26.3 Å². The Morgan fingerprint density at radius 2 is 1.50 bits per heavy atom. The van der Waals surface area contributed by atoms with E-state index in [-0.39, 0.29) is 0 Å². The lowest BCUT2D eigenvalue weighted by molar-refractivity contribution is 1.24. The first-order valence-corrected chi connectivity index (χ1v) is 7.60. The van der Waals surface area contributed by atoms with E-state index in [0.717, 1.165) is 11.4 Å². The number of aromatic amines is 1. The van der Waals surface area contributed by atoms with E-state index < -0.39 is 0 Å². The predicted molar refractivity (Wildman–Crippen MR) is 94.2 cm³/mol. The summed E-state index contributed by atoms with van der Waals surface area (Å²) in [4.78, 5) is 8.37. The zero-order chi connectivity index (χ0) is 15.3. The Kier molecular flexibility index (Phi) is 2.80. The van der Waals surface area contributed by atoms with Crippen LogP contribution in [0.4, 0.5) is 0 Å². The summed E-state index contributed by atoms with van der Waals surface area (Å²) in [6.45, 7) is 6.37. The lowest BCUT2D eigenvalue weighted by Crippen LogP contribution is -1.90. The first kappa shape index (κ1) is 13.1. The molecule has 0 unspecified atom stereocenters. The monoisotopic (exact) mass is 286 g/mol. The van der Waals surface area contributed by atoms with Crippen molar-refractivity contribution in [3.8, 4) is 0 Å². The second-order valence-electron chi connectivity index (χ2n) is 5.89. The highest BCUT2D eigenvalue weighted by Crippen LogP contribution is 2.37. The van der Waals surface area contributed by atoms with Crippen LogP contribution in [0.1, 0.15) is 36.4 Å². The summed E-state index contributed by atoms with van der Waals surface area (Å²) in [5.41, 5.74) is 8.23. The molecule has 0 radical (unpaired) electrons. The molecule has 2 heterocycles. The van der Waals surface area contributed by atoms with Crippen molar-refractivity contribution in [1.29, 1.82) is 0 Å². The molecule has 3 aromatic rings. The van der Waals surface area contributed by atoms with E-state index >= 15 is 0 Å². The summed E-state index contributed by atoms with van der Waals surface area (Å²) in [6.07, 6.45) is 0. The molecule has 2 aromatic carbocycles. The average Bonchev–Trinajstić information content (AvgIpc) is 3.06. The first-order chi connectivity index (χ1) is 10.7. The molecular weight excluding hydrogens is 268 g/mol. The van der Waals surface area contributed by atoms with E-state index in [0.29, 0.717) is 0 Å². The highest BCUT2D eigenvalue weighted by Gasteiger charge is 2.20. The molecule has 4 rings (SSSR count). The zero-order valence-electron chi connectivity index (χ0n) is 13.1. The third kappa shape index (κ3) is 1.77. The molecule has 22 heavy (non-hydrogen) atoms. The van der Waals surface area contributed by atoms with Crippen LogP contribution in [0.3, 0.4) is 0 Å². The van der Waals surface area contributed by atoms with Crippen LogP contribution in [-0.4, -0.2) is 10.7 Å². The number of rotatable bonds is 1. The molecule has 1 aliphatic rings. The maximum absolute atomic E-state index is 4.83. The normalized spacial score (nSPS) is 15.9. The molecule has 1 N–H and O–H groups in total. The van der Waals surface area contributed by atoms with Gasteiger partial charge in [-0.15, -0.1) is 0 Å². The van der Waals surface area contributed by atoms with Crippen LogP contribution in [0, 0.1) is 6.92 Å². The van der Waals surface area contributed by atoms with E-state index in [1.54, 1.807) is 0 Å². The maximum atomic E-state index is 4.83. The SMILES string of the molecule is CC1=N/C(=C(\C)c2[nH]c(C)c3ccccc23)c2ccccc21. The van der Waals surface area contributed by atoms with Gasteiger partial charge in [0.2, 0.25) is 0 Å². The van der Waals surface area contributed by atoms with Crippen molar-refractivity contribution >= 4 is 27.8 Å².